The van der Waals surface area contributed by atoms with Crippen LogP contribution in [0.15, 0.2) is 46.9 Å². The second-order valence-corrected chi connectivity index (χ2v) is 6.09. The molecule has 26 heavy (non-hydrogen) atoms. The molecular weight excluding hydrogens is 415 g/mol. The van der Waals surface area contributed by atoms with Crippen LogP contribution in [0.3, 0.4) is 0 Å². The van der Waals surface area contributed by atoms with Crippen molar-refractivity contribution in [1.29, 1.82) is 0 Å². The first-order chi connectivity index (χ1) is 12.3. The molecule has 8 heteroatoms. The van der Waals surface area contributed by atoms with Crippen molar-refractivity contribution in [2.45, 2.75) is 13.0 Å². The van der Waals surface area contributed by atoms with Crippen LogP contribution in [0, 0.1) is 17.5 Å². The highest BCUT2D eigenvalue weighted by Crippen LogP contribution is 2.20. The second kappa shape index (κ2) is 8.66. The van der Waals surface area contributed by atoms with E-state index in [0.29, 0.717) is 6.07 Å². The van der Waals surface area contributed by atoms with E-state index in [4.69, 9.17) is 4.74 Å². The Morgan fingerprint density at radius 3 is 2.38 bits per heavy atom. The Hall–Kier alpha value is -2.61. The number of carbonyl (C=O) groups is 2. The summed E-state index contributed by atoms with van der Waals surface area (Å²) in [6, 6.07) is 8.64. The number of hydrogen-bond acceptors (Lipinski definition) is 3. The number of esters is 1. The van der Waals surface area contributed by atoms with Crippen LogP contribution in [-0.4, -0.2) is 18.0 Å². The van der Waals surface area contributed by atoms with Crippen LogP contribution < -0.4 is 5.32 Å². The van der Waals surface area contributed by atoms with Crippen LogP contribution in [0.5, 0.6) is 0 Å². The molecule has 0 spiro atoms. The Balaban J connectivity index is 1.95. The highest BCUT2D eigenvalue weighted by atomic mass is 79.9. The van der Waals surface area contributed by atoms with Gasteiger partial charge < -0.3 is 10.1 Å². The maximum absolute atomic E-state index is 13.5. The molecule has 1 amide bonds. The largest absolute Gasteiger partial charge is 0.449 e. The number of carbonyl (C=O) groups excluding carboxylic acids is 2. The number of amides is 1. The zero-order valence-electron chi connectivity index (χ0n) is 13.4. The van der Waals surface area contributed by atoms with Gasteiger partial charge in [-0.05, 0) is 42.8 Å². The molecule has 0 saturated carbocycles. The van der Waals surface area contributed by atoms with Crippen LogP contribution >= 0.6 is 15.9 Å². The van der Waals surface area contributed by atoms with E-state index >= 15 is 0 Å². The van der Waals surface area contributed by atoms with Gasteiger partial charge in [-0.15, -0.1) is 0 Å². The van der Waals surface area contributed by atoms with Gasteiger partial charge in [0.05, 0.1) is 5.69 Å². The van der Waals surface area contributed by atoms with Crippen molar-refractivity contribution in [3.63, 3.8) is 0 Å². The Bertz CT molecular complexity index is 854. The van der Waals surface area contributed by atoms with Crippen molar-refractivity contribution in [1.82, 2.24) is 0 Å². The molecule has 0 aliphatic rings. The van der Waals surface area contributed by atoms with Crippen LogP contribution in [0.2, 0.25) is 0 Å². The Morgan fingerprint density at radius 1 is 1.08 bits per heavy atom. The first-order valence-electron chi connectivity index (χ1n) is 7.36. The maximum atomic E-state index is 13.5. The van der Waals surface area contributed by atoms with Gasteiger partial charge >= 0.3 is 5.97 Å². The predicted molar refractivity (Wildman–Crippen MR) is 93.7 cm³/mol. The van der Waals surface area contributed by atoms with Gasteiger partial charge in [0.1, 0.15) is 0 Å². The van der Waals surface area contributed by atoms with E-state index in [1.165, 1.54) is 13.0 Å². The van der Waals surface area contributed by atoms with Crippen molar-refractivity contribution < 1.29 is 27.5 Å². The van der Waals surface area contributed by atoms with E-state index in [1.54, 1.807) is 24.3 Å². The standard InChI is InChI=1S/C18H13BrF3NO3/c1-10(18(25)23-14-8-7-13(20)16(21)17(14)22)26-15(24)9-4-11-2-5-12(19)6-3-11/h2-10H,1H3,(H,23,25)/b9-4+/t10-/m0/s1. The third-order valence-electron chi connectivity index (χ3n) is 3.24. The Kier molecular flexibility index (Phi) is 6.57. The summed E-state index contributed by atoms with van der Waals surface area (Å²) in [5.41, 5.74) is 0.188. The first-order valence-corrected chi connectivity index (χ1v) is 8.16. The molecule has 2 rings (SSSR count). The number of benzene rings is 2. The van der Waals surface area contributed by atoms with Crippen molar-refractivity contribution in [3.05, 3.63) is 70.0 Å². The predicted octanol–water partition coefficient (Wildman–Crippen LogP) is 4.45. The molecule has 136 valence electrons. The Labute approximate surface area is 155 Å². The minimum Gasteiger partial charge on any atom is -0.449 e. The maximum Gasteiger partial charge on any atom is 0.331 e. The second-order valence-electron chi connectivity index (χ2n) is 5.18. The molecule has 0 radical (unpaired) electrons. The molecule has 0 aliphatic carbocycles. The fraction of sp³-hybridized carbons (Fsp3) is 0.111. The van der Waals surface area contributed by atoms with Gasteiger partial charge in [0.2, 0.25) is 0 Å². The summed E-state index contributed by atoms with van der Waals surface area (Å²) in [5, 5.41) is 2.04. The molecule has 0 unspecified atom stereocenters. The van der Waals surface area contributed by atoms with Crippen molar-refractivity contribution in [2.24, 2.45) is 0 Å². The van der Waals surface area contributed by atoms with Gasteiger partial charge in [0.25, 0.3) is 5.91 Å². The highest BCUT2D eigenvalue weighted by Gasteiger charge is 2.20. The molecule has 0 heterocycles. The molecule has 1 N–H and O–H groups in total. The SMILES string of the molecule is C[C@H](OC(=O)/C=C/c1ccc(Br)cc1)C(=O)Nc1ccc(F)c(F)c1F. The van der Waals surface area contributed by atoms with Gasteiger partial charge in [0.15, 0.2) is 23.6 Å². The van der Waals surface area contributed by atoms with E-state index in [1.807, 2.05) is 5.32 Å². The number of halogens is 4. The number of rotatable bonds is 5. The van der Waals surface area contributed by atoms with Gasteiger partial charge in [-0.3, -0.25) is 4.79 Å². The molecule has 2 aromatic carbocycles. The summed E-state index contributed by atoms with van der Waals surface area (Å²) < 4.78 is 45.3. The number of nitrogens with one attached hydrogen (secondary N) is 1. The summed E-state index contributed by atoms with van der Waals surface area (Å²) in [7, 11) is 0. The van der Waals surface area contributed by atoms with Crippen LogP contribution in [0.25, 0.3) is 6.08 Å². The van der Waals surface area contributed by atoms with E-state index in [2.05, 4.69) is 15.9 Å². The molecular formula is C18H13BrF3NO3. The molecule has 0 saturated heterocycles. The van der Waals surface area contributed by atoms with Crippen molar-refractivity contribution in [3.8, 4) is 0 Å². The minimum absolute atomic E-state index is 0.554. The number of hydrogen-bond donors (Lipinski definition) is 1. The van der Waals surface area contributed by atoms with E-state index in [-0.39, 0.29) is 0 Å². The third kappa shape index (κ3) is 5.19. The highest BCUT2D eigenvalue weighted by molar-refractivity contribution is 9.10. The van der Waals surface area contributed by atoms with E-state index in [9.17, 15) is 22.8 Å². The Morgan fingerprint density at radius 2 is 1.73 bits per heavy atom. The lowest BCUT2D eigenvalue weighted by Gasteiger charge is -2.13. The number of ether oxygens (including phenoxy) is 1. The molecule has 0 bridgehead atoms. The van der Waals surface area contributed by atoms with E-state index < -0.39 is 41.1 Å². The molecule has 0 fully saturated rings. The van der Waals surface area contributed by atoms with Gasteiger partial charge in [-0.25, -0.2) is 18.0 Å². The van der Waals surface area contributed by atoms with Gasteiger partial charge in [-0.2, -0.15) is 0 Å². The van der Waals surface area contributed by atoms with Gasteiger partial charge in [0, 0.05) is 10.5 Å². The molecule has 1 atom stereocenters. The molecule has 2 aromatic rings. The lowest BCUT2D eigenvalue weighted by molar-refractivity contribution is -0.148. The summed E-state index contributed by atoms with van der Waals surface area (Å²) >= 11 is 3.28. The van der Waals surface area contributed by atoms with Crippen LogP contribution in [0.1, 0.15) is 12.5 Å². The quantitative estimate of drug-likeness (QED) is 0.435. The van der Waals surface area contributed by atoms with Crippen LogP contribution in [-0.2, 0) is 14.3 Å². The zero-order chi connectivity index (χ0) is 19.3. The fourth-order valence-corrected chi connectivity index (χ4v) is 2.13. The normalized spacial score (nSPS) is 12.0. The summed E-state index contributed by atoms with van der Waals surface area (Å²) in [4.78, 5) is 23.6. The third-order valence-corrected chi connectivity index (χ3v) is 3.77. The summed E-state index contributed by atoms with van der Waals surface area (Å²) in [5.74, 6) is -6.29. The lowest BCUT2D eigenvalue weighted by Crippen LogP contribution is -2.29. The minimum atomic E-state index is -1.70. The van der Waals surface area contributed by atoms with Crippen LogP contribution in [0.4, 0.5) is 18.9 Å². The fourth-order valence-electron chi connectivity index (χ4n) is 1.86. The summed E-state index contributed by atoms with van der Waals surface area (Å²) in [6.45, 7) is 1.26. The molecule has 0 aromatic heterocycles. The topological polar surface area (TPSA) is 55.4 Å². The number of anilines is 1. The van der Waals surface area contributed by atoms with Crippen molar-refractivity contribution in [2.75, 3.05) is 5.32 Å². The summed E-state index contributed by atoms with van der Waals surface area (Å²) in [6.07, 6.45) is 1.35. The smallest absolute Gasteiger partial charge is 0.331 e. The monoisotopic (exact) mass is 427 g/mol. The van der Waals surface area contributed by atoms with Gasteiger partial charge in [-0.1, -0.05) is 28.1 Å². The average molecular weight is 428 g/mol. The van der Waals surface area contributed by atoms with E-state index in [0.717, 1.165) is 22.2 Å². The molecule has 4 nitrogen and oxygen atoms in total. The lowest BCUT2D eigenvalue weighted by atomic mass is 10.2. The molecule has 0 aliphatic heterocycles. The average Bonchev–Trinajstić information content (AvgIpc) is 2.61. The van der Waals surface area contributed by atoms with Crippen molar-refractivity contribution >= 4 is 39.6 Å². The first kappa shape index (κ1) is 19.7. The zero-order valence-corrected chi connectivity index (χ0v) is 15.0.